The Morgan fingerprint density at radius 1 is 0.607 bits per heavy atom. The molecule has 2 rings (SSSR count). The Labute approximate surface area is 183 Å². The van der Waals surface area contributed by atoms with Crippen molar-refractivity contribution in [3.8, 4) is 0 Å². The summed E-state index contributed by atoms with van der Waals surface area (Å²) in [6.07, 6.45) is 12.1. The quantitative estimate of drug-likeness (QED) is 0.339. The molecule has 8 heteroatoms. The summed E-state index contributed by atoms with van der Waals surface area (Å²) in [6, 6.07) is 0.674. The maximum Gasteiger partial charge on any atom is 0.132 e. The van der Waals surface area contributed by atoms with Gasteiger partial charge < -0.3 is 11.5 Å². The fraction of sp³-hybridized carbons (Fsp3) is 0.900. The van der Waals surface area contributed by atoms with E-state index < -0.39 is 11.1 Å². The van der Waals surface area contributed by atoms with E-state index in [2.05, 4.69) is 10.2 Å². The molecule has 0 spiro atoms. The van der Waals surface area contributed by atoms with Crippen LogP contribution < -0.4 is 11.5 Å². The number of azo groups is 1. The van der Waals surface area contributed by atoms with E-state index in [1.54, 1.807) is 0 Å². The van der Waals surface area contributed by atoms with Crippen molar-refractivity contribution in [1.29, 1.82) is 0 Å². The second-order valence-electron chi connectivity index (χ2n) is 8.93. The zero-order chi connectivity index (χ0) is 19.2. The fourth-order valence-corrected chi connectivity index (χ4v) is 3.48. The molecule has 2 saturated carbocycles. The van der Waals surface area contributed by atoms with Crippen molar-refractivity contribution in [3.05, 3.63) is 0 Å². The number of amidine groups is 2. The zero-order valence-corrected chi connectivity index (χ0v) is 19.6. The fourth-order valence-electron chi connectivity index (χ4n) is 3.48. The van der Waals surface area contributed by atoms with Crippen LogP contribution in [0.2, 0.25) is 0 Å². The number of nitrogens with zero attached hydrogens (tertiary/aromatic N) is 4. The molecule has 4 N–H and O–H groups in total. The number of aliphatic imine (C=N–C) groups is 2. The van der Waals surface area contributed by atoms with Gasteiger partial charge in [0.05, 0.1) is 12.1 Å². The first kappa shape index (κ1) is 27.1. The van der Waals surface area contributed by atoms with Crippen LogP contribution in [0.4, 0.5) is 0 Å². The summed E-state index contributed by atoms with van der Waals surface area (Å²) in [5, 5.41) is 9.03. The third kappa shape index (κ3) is 8.24. The highest BCUT2D eigenvalue weighted by molar-refractivity contribution is 5.90. The van der Waals surface area contributed by atoms with Gasteiger partial charge in [0.25, 0.3) is 0 Å². The third-order valence-electron chi connectivity index (χ3n) is 5.60. The molecule has 28 heavy (non-hydrogen) atoms. The number of hydrogen-bond donors (Lipinski definition) is 2. The van der Waals surface area contributed by atoms with Crippen molar-refractivity contribution in [2.45, 2.75) is 115 Å². The molecular weight excluding hydrogens is 395 g/mol. The van der Waals surface area contributed by atoms with E-state index in [1.807, 2.05) is 27.7 Å². The standard InChI is InChI=1S/C20H38N6.2ClH/c1-19(2,17(21)23-15-11-7-5-8-12-15)25-26-20(3,4)18(22)24-16-13-9-6-10-14-16;;/h15-16H,5-14H2,1-4H3,(H2,21,23)(H2,22,24);2*1H. The predicted molar refractivity (Wildman–Crippen MR) is 125 cm³/mol. The number of rotatable bonds is 6. The van der Waals surface area contributed by atoms with Gasteiger partial charge in [-0.15, -0.1) is 24.8 Å². The first-order valence-corrected chi connectivity index (χ1v) is 10.3. The van der Waals surface area contributed by atoms with Crippen LogP contribution in [0.5, 0.6) is 0 Å². The van der Waals surface area contributed by atoms with Gasteiger partial charge in [-0.25, -0.2) is 0 Å². The zero-order valence-electron chi connectivity index (χ0n) is 18.0. The van der Waals surface area contributed by atoms with Gasteiger partial charge in [0.2, 0.25) is 0 Å². The summed E-state index contributed by atoms with van der Waals surface area (Å²) in [5.41, 5.74) is 11.3. The molecule has 0 saturated heterocycles. The lowest BCUT2D eigenvalue weighted by molar-refractivity contribution is 0.437. The van der Waals surface area contributed by atoms with Crippen LogP contribution in [0.3, 0.4) is 0 Å². The second kappa shape index (κ2) is 12.0. The van der Waals surface area contributed by atoms with Crippen LogP contribution in [-0.4, -0.2) is 34.8 Å². The minimum atomic E-state index is -0.625. The topological polar surface area (TPSA) is 101 Å². The van der Waals surface area contributed by atoms with Gasteiger partial charge in [0.1, 0.15) is 22.7 Å². The van der Waals surface area contributed by atoms with Crippen LogP contribution in [-0.2, 0) is 0 Å². The number of halogens is 2. The monoisotopic (exact) mass is 434 g/mol. The molecule has 0 aromatic heterocycles. The van der Waals surface area contributed by atoms with Crippen molar-refractivity contribution >= 4 is 36.5 Å². The van der Waals surface area contributed by atoms with Gasteiger partial charge in [-0.05, 0) is 53.4 Å². The van der Waals surface area contributed by atoms with Crippen molar-refractivity contribution in [2.24, 2.45) is 31.7 Å². The molecule has 6 nitrogen and oxygen atoms in total. The summed E-state index contributed by atoms with van der Waals surface area (Å²) in [7, 11) is 0. The highest BCUT2D eigenvalue weighted by Gasteiger charge is 2.29. The molecule has 0 aromatic carbocycles. The highest BCUT2D eigenvalue weighted by Crippen LogP contribution is 2.24. The largest absolute Gasteiger partial charge is 0.385 e. The van der Waals surface area contributed by atoms with Gasteiger partial charge in [0.15, 0.2) is 0 Å². The molecule has 2 fully saturated rings. The molecule has 0 bridgehead atoms. The summed E-state index contributed by atoms with van der Waals surface area (Å²) in [5.74, 6) is 1.12. The maximum absolute atomic E-state index is 6.27. The minimum absolute atomic E-state index is 0. The van der Waals surface area contributed by atoms with Gasteiger partial charge in [-0.3, -0.25) is 9.98 Å². The lowest BCUT2D eigenvalue weighted by Gasteiger charge is -2.26. The van der Waals surface area contributed by atoms with E-state index >= 15 is 0 Å². The Bertz CT molecular complexity index is 497. The average molecular weight is 435 g/mol. The SMILES string of the molecule is CC(C)(N=NC(C)(C)C(N)=NC1CCCCC1)C(N)=NC1CCCCC1.Cl.Cl. The van der Waals surface area contributed by atoms with Crippen LogP contribution in [0.25, 0.3) is 0 Å². The third-order valence-corrected chi connectivity index (χ3v) is 5.60. The molecule has 0 aromatic rings. The summed E-state index contributed by atoms with van der Waals surface area (Å²) >= 11 is 0. The molecule has 0 unspecified atom stereocenters. The minimum Gasteiger partial charge on any atom is -0.385 e. The van der Waals surface area contributed by atoms with E-state index in [1.165, 1.54) is 38.5 Å². The lowest BCUT2D eigenvalue weighted by Crippen LogP contribution is -2.41. The lowest BCUT2D eigenvalue weighted by atomic mass is 9.95. The second-order valence-corrected chi connectivity index (χ2v) is 8.93. The van der Waals surface area contributed by atoms with E-state index in [4.69, 9.17) is 21.5 Å². The Hall–Kier alpha value is -0.880. The number of hydrogen-bond acceptors (Lipinski definition) is 4. The van der Waals surface area contributed by atoms with Crippen molar-refractivity contribution < 1.29 is 0 Å². The summed E-state index contributed by atoms with van der Waals surface area (Å²) < 4.78 is 0. The van der Waals surface area contributed by atoms with Gasteiger partial charge in [0, 0.05) is 0 Å². The molecule has 2 aliphatic rings. The van der Waals surface area contributed by atoms with Crippen LogP contribution in [0, 0.1) is 0 Å². The van der Waals surface area contributed by atoms with E-state index in [-0.39, 0.29) is 24.8 Å². The van der Waals surface area contributed by atoms with Crippen LogP contribution >= 0.6 is 24.8 Å². The Morgan fingerprint density at radius 2 is 0.893 bits per heavy atom. The van der Waals surface area contributed by atoms with Crippen molar-refractivity contribution in [3.63, 3.8) is 0 Å². The highest BCUT2D eigenvalue weighted by atomic mass is 35.5. The molecular formula is C20H40Cl2N6. The molecule has 0 amide bonds. The maximum atomic E-state index is 6.27. The molecule has 164 valence electrons. The van der Waals surface area contributed by atoms with E-state index in [0.717, 1.165) is 25.7 Å². The first-order chi connectivity index (χ1) is 12.2. The first-order valence-electron chi connectivity index (χ1n) is 10.3. The van der Waals surface area contributed by atoms with Gasteiger partial charge in [-0.2, -0.15) is 10.2 Å². The van der Waals surface area contributed by atoms with Crippen molar-refractivity contribution in [1.82, 2.24) is 0 Å². The predicted octanol–water partition coefficient (Wildman–Crippen LogP) is 5.22. The Kier molecular flexibility index (Phi) is 11.6. The van der Waals surface area contributed by atoms with E-state index in [0.29, 0.717) is 23.8 Å². The smallest absolute Gasteiger partial charge is 0.132 e. The molecule has 0 radical (unpaired) electrons. The Balaban J connectivity index is 0.00000364. The number of nitrogens with two attached hydrogens (primary N) is 2. The van der Waals surface area contributed by atoms with Gasteiger partial charge >= 0.3 is 0 Å². The molecule has 0 aliphatic heterocycles. The summed E-state index contributed by atoms with van der Waals surface area (Å²) in [4.78, 5) is 9.45. The molecule has 0 heterocycles. The van der Waals surface area contributed by atoms with E-state index in [9.17, 15) is 0 Å². The Morgan fingerprint density at radius 3 is 1.18 bits per heavy atom. The molecule has 0 atom stereocenters. The normalized spacial score (nSPS) is 21.3. The average Bonchev–Trinajstić information content (AvgIpc) is 2.62. The van der Waals surface area contributed by atoms with Crippen LogP contribution in [0.15, 0.2) is 20.2 Å². The van der Waals surface area contributed by atoms with Crippen LogP contribution in [0.1, 0.15) is 91.9 Å². The molecule has 2 aliphatic carbocycles. The van der Waals surface area contributed by atoms with Gasteiger partial charge in [-0.1, -0.05) is 38.5 Å². The van der Waals surface area contributed by atoms with Crippen molar-refractivity contribution in [2.75, 3.05) is 0 Å². The summed E-state index contributed by atoms with van der Waals surface area (Å²) in [6.45, 7) is 7.84.